The zero-order valence-electron chi connectivity index (χ0n) is 15.1. The minimum Gasteiger partial charge on any atom is -0.361 e. The van der Waals surface area contributed by atoms with E-state index in [1.165, 1.54) is 16.4 Å². The molecule has 2 aromatic rings. The molecule has 1 fully saturated rings. The molecule has 0 saturated carbocycles. The molecule has 2 heterocycles. The second-order valence-electron chi connectivity index (χ2n) is 6.48. The first-order valence-electron chi connectivity index (χ1n) is 8.54. The van der Waals surface area contributed by atoms with Crippen molar-refractivity contribution in [3.05, 3.63) is 46.6 Å². The highest BCUT2D eigenvalue weighted by atomic mass is 79.9. The van der Waals surface area contributed by atoms with Crippen LogP contribution in [0.2, 0.25) is 0 Å². The number of halogens is 1. The fraction of sp³-hybridized carbons (Fsp3) is 0.333. The summed E-state index contributed by atoms with van der Waals surface area (Å²) in [6.07, 6.45) is 3.36. The van der Waals surface area contributed by atoms with Gasteiger partial charge >= 0.3 is 0 Å². The van der Waals surface area contributed by atoms with Crippen LogP contribution in [0.1, 0.15) is 23.2 Å². The summed E-state index contributed by atoms with van der Waals surface area (Å²) >= 11 is 3.35. The molecule has 27 heavy (non-hydrogen) atoms. The third-order valence-electron chi connectivity index (χ3n) is 4.34. The lowest BCUT2D eigenvalue weighted by molar-refractivity contribution is 0.102. The predicted octanol–water partition coefficient (Wildman–Crippen LogP) is 2.95. The molecular formula is C18H21BrN4O3S. The maximum absolute atomic E-state index is 12.8. The molecule has 1 aromatic heterocycles. The summed E-state index contributed by atoms with van der Waals surface area (Å²) in [4.78, 5) is 19.0. The molecule has 1 aliphatic rings. The van der Waals surface area contributed by atoms with Crippen LogP contribution in [0.3, 0.4) is 0 Å². The lowest BCUT2D eigenvalue weighted by atomic mass is 10.2. The van der Waals surface area contributed by atoms with Gasteiger partial charge in [-0.1, -0.05) is 0 Å². The number of hydrogen-bond acceptors (Lipinski definition) is 5. The minimum atomic E-state index is -3.59. The third kappa shape index (κ3) is 4.15. The Bertz CT molecular complexity index is 957. The Morgan fingerprint density at radius 1 is 1.22 bits per heavy atom. The number of nitrogens with zero attached hydrogens (tertiary/aromatic N) is 3. The first-order valence-corrected chi connectivity index (χ1v) is 10.8. The average Bonchev–Trinajstić information content (AvgIpc) is 3.17. The Morgan fingerprint density at radius 3 is 2.59 bits per heavy atom. The first-order chi connectivity index (χ1) is 12.8. The van der Waals surface area contributed by atoms with Crippen LogP contribution < -0.4 is 10.2 Å². The van der Waals surface area contributed by atoms with Gasteiger partial charge in [0.15, 0.2) is 5.82 Å². The SMILES string of the molecule is CN(C)c1ncccc1NC(=O)c1cc(S(=O)(=O)N2CCCC2)ccc1Br. The van der Waals surface area contributed by atoms with Crippen molar-refractivity contribution in [2.45, 2.75) is 17.7 Å². The maximum Gasteiger partial charge on any atom is 0.256 e. The summed E-state index contributed by atoms with van der Waals surface area (Å²) in [6.45, 7) is 1.03. The minimum absolute atomic E-state index is 0.122. The topological polar surface area (TPSA) is 82.6 Å². The quantitative estimate of drug-likeness (QED) is 0.753. The van der Waals surface area contributed by atoms with Crippen molar-refractivity contribution in [2.75, 3.05) is 37.4 Å². The summed E-state index contributed by atoms with van der Waals surface area (Å²) in [5.41, 5.74) is 0.802. The van der Waals surface area contributed by atoms with Crippen molar-refractivity contribution in [1.29, 1.82) is 0 Å². The number of carbonyl (C=O) groups excluding carboxylic acids is 1. The Labute approximate surface area is 167 Å². The number of nitrogens with one attached hydrogen (secondary N) is 1. The standard InChI is InChI=1S/C18H21BrN4O3S/c1-22(2)17-16(6-5-9-20-17)21-18(24)14-12-13(7-8-15(14)19)27(25,26)23-10-3-4-11-23/h5-9,12H,3-4,10-11H2,1-2H3,(H,21,24). The molecule has 7 nitrogen and oxygen atoms in total. The van der Waals surface area contributed by atoms with Crippen molar-refractivity contribution < 1.29 is 13.2 Å². The fourth-order valence-electron chi connectivity index (χ4n) is 2.96. The molecule has 3 rings (SSSR count). The molecule has 0 radical (unpaired) electrons. The van der Waals surface area contributed by atoms with Crippen LogP contribution in [0, 0.1) is 0 Å². The summed E-state index contributed by atoms with van der Waals surface area (Å²) in [5.74, 6) is 0.208. The van der Waals surface area contributed by atoms with Gasteiger partial charge < -0.3 is 10.2 Å². The van der Waals surface area contributed by atoms with Crippen molar-refractivity contribution in [1.82, 2.24) is 9.29 Å². The summed E-state index contributed by atoms with van der Waals surface area (Å²) in [6, 6.07) is 8.00. The Balaban J connectivity index is 1.92. The molecule has 0 bridgehead atoms. The van der Waals surface area contributed by atoms with Gasteiger partial charge in [0.1, 0.15) is 0 Å². The van der Waals surface area contributed by atoms with Crippen molar-refractivity contribution in [3.8, 4) is 0 Å². The molecule has 144 valence electrons. The van der Waals surface area contributed by atoms with Gasteiger partial charge in [0, 0.05) is 37.9 Å². The number of benzene rings is 1. The zero-order chi connectivity index (χ0) is 19.6. The highest BCUT2D eigenvalue weighted by molar-refractivity contribution is 9.10. The smallest absolute Gasteiger partial charge is 0.256 e. The van der Waals surface area contributed by atoms with Crippen LogP contribution in [0.5, 0.6) is 0 Å². The van der Waals surface area contributed by atoms with Gasteiger partial charge in [0.25, 0.3) is 5.91 Å². The molecule has 0 unspecified atom stereocenters. The van der Waals surface area contributed by atoms with Crippen molar-refractivity contribution in [2.24, 2.45) is 0 Å². The number of anilines is 2. The summed E-state index contributed by atoms with van der Waals surface area (Å²) in [5, 5.41) is 2.82. The number of hydrogen-bond donors (Lipinski definition) is 1. The lowest BCUT2D eigenvalue weighted by Gasteiger charge is -2.18. The maximum atomic E-state index is 12.8. The third-order valence-corrected chi connectivity index (χ3v) is 6.93. The number of aromatic nitrogens is 1. The van der Waals surface area contributed by atoms with Crippen LogP contribution in [0.25, 0.3) is 0 Å². The molecular weight excluding hydrogens is 432 g/mol. The Hall–Kier alpha value is -1.97. The van der Waals surface area contributed by atoms with Gasteiger partial charge in [-0.3, -0.25) is 4.79 Å². The number of sulfonamides is 1. The van der Waals surface area contributed by atoms with E-state index in [2.05, 4.69) is 26.2 Å². The summed E-state index contributed by atoms with van der Waals surface area (Å²) in [7, 11) is 0.0670. The average molecular weight is 453 g/mol. The van der Waals surface area contributed by atoms with Crippen LogP contribution >= 0.6 is 15.9 Å². The van der Waals surface area contributed by atoms with Crippen LogP contribution in [-0.4, -0.2) is 50.8 Å². The molecule has 1 N–H and O–H groups in total. The van der Waals surface area contributed by atoms with Gasteiger partial charge in [-0.25, -0.2) is 13.4 Å². The van der Waals surface area contributed by atoms with Crippen LogP contribution in [0.15, 0.2) is 45.9 Å². The second kappa shape index (κ2) is 7.95. The van der Waals surface area contributed by atoms with Crippen LogP contribution in [-0.2, 0) is 10.0 Å². The fourth-order valence-corrected chi connectivity index (χ4v) is 4.93. The van der Waals surface area contributed by atoms with Gasteiger partial charge in [0.05, 0.1) is 16.1 Å². The van der Waals surface area contributed by atoms with E-state index < -0.39 is 15.9 Å². The van der Waals surface area contributed by atoms with E-state index in [1.807, 2.05) is 14.1 Å². The van der Waals surface area contributed by atoms with E-state index in [4.69, 9.17) is 0 Å². The second-order valence-corrected chi connectivity index (χ2v) is 9.27. The van der Waals surface area contributed by atoms with E-state index in [0.717, 1.165) is 12.8 Å². The normalized spacial score (nSPS) is 14.9. The Morgan fingerprint density at radius 2 is 1.93 bits per heavy atom. The van der Waals surface area contributed by atoms with Gasteiger partial charge in [0.2, 0.25) is 10.0 Å². The van der Waals surface area contributed by atoms with E-state index in [9.17, 15) is 13.2 Å². The molecule has 0 aliphatic carbocycles. The lowest BCUT2D eigenvalue weighted by Crippen LogP contribution is -2.28. The predicted molar refractivity (Wildman–Crippen MR) is 109 cm³/mol. The zero-order valence-corrected chi connectivity index (χ0v) is 17.5. The van der Waals surface area contributed by atoms with E-state index in [1.54, 1.807) is 29.3 Å². The molecule has 1 aliphatic heterocycles. The number of pyridine rings is 1. The first kappa shape index (κ1) is 19.8. The van der Waals surface area contributed by atoms with Gasteiger partial charge in [-0.05, 0) is 59.1 Å². The van der Waals surface area contributed by atoms with E-state index in [0.29, 0.717) is 29.1 Å². The van der Waals surface area contributed by atoms with Gasteiger partial charge in [-0.15, -0.1) is 0 Å². The number of rotatable bonds is 5. The molecule has 1 amide bonds. The number of carbonyl (C=O) groups is 1. The van der Waals surface area contributed by atoms with Crippen LogP contribution in [0.4, 0.5) is 11.5 Å². The summed E-state index contributed by atoms with van der Waals surface area (Å²) < 4.78 is 27.6. The van der Waals surface area contributed by atoms with Crippen molar-refractivity contribution >= 4 is 43.4 Å². The molecule has 9 heteroatoms. The van der Waals surface area contributed by atoms with E-state index in [-0.39, 0.29) is 10.5 Å². The molecule has 1 aromatic carbocycles. The monoisotopic (exact) mass is 452 g/mol. The molecule has 1 saturated heterocycles. The van der Waals surface area contributed by atoms with Gasteiger partial charge in [-0.2, -0.15) is 4.31 Å². The highest BCUT2D eigenvalue weighted by Gasteiger charge is 2.28. The van der Waals surface area contributed by atoms with Crippen molar-refractivity contribution in [3.63, 3.8) is 0 Å². The molecule has 0 atom stereocenters. The largest absolute Gasteiger partial charge is 0.361 e. The Kier molecular flexibility index (Phi) is 5.83. The molecule has 0 spiro atoms. The number of amides is 1. The highest BCUT2D eigenvalue weighted by Crippen LogP contribution is 2.27. The van der Waals surface area contributed by atoms with E-state index >= 15 is 0 Å².